The van der Waals surface area contributed by atoms with Crippen LogP contribution in [0.4, 0.5) is 0 Å². The van der Waals surface area contributed by atoms with Gasteiger partial charge in [-0.2, -0.15) is 0 Å². The van der Waals surface area contributed by atoms with Crippen LogP contribution in [0.25, 0.3) is 0 Å². The summed E-state index contributed by atoms with van der Waals surface area (Å²) in [7, 11) is -0.671. The molecule has 1 N–H and O–H groups in total. The van der Waals surface area contributed by atoms with Crippen LogP contribution in [0.3, 0.4) is 0 Å². The molecular weight excluding hydrogens is 216 g/mol. The van der Waals surface area contributed by atoms with Gasteiger partial charge >= 0.3 is 0 Å². The Morgan fingerprint density at radius 1 is 1.71 bits per heavy atom. The van der Waals surface area contributed by atoms with Gasteiger partial charge in [-0.25, -0.2) is 4.98 Å². The van der Waals surface area contributed by atoms with Crippen LogP contribution in [-0.4, -0.2) is 27.7 Å². The molecule has 2 unspecified atom stereocenters. The van der Waals surface area contributed by atoms with Crippen LogP contribution >= 0.6 is 11.3 Å². The Morgan fingerprint density at radius 3 is 3.07 bits per heavy atom. The summed E-state index contributed by atoms with van der Waals surface area (Å²) in [5.41, 5.74) is 2.93. The number of thiazole rings is 1. The van der Waals surface area contributed by atoms with Gasteiger partial charge in [0.15, 0.2) is 0 Å². The highest BCUT2D eigenvalue weighted by Gasteiger charge is 2.05. The van der Waals surface area contributed by atoms with Gasteiger partial charge in [0.2, 0.25) is 0 Å². The molecule has 3 nitrogen and oxygen atoms in total. The quantitative estimate of drug-likeness (QED) is 0.757. The van der Waals surface area contributed by atoms with Crippen LogP contribution in [0.2, 0.25) is 0 Å². The number of nitrogens with one attached hydrogen (secondary N) is 1. The van der Waals surface area contributed by atoms with E-state index in [1.165, 1.54) is 0 Å². The minimum absolute atomic E-state index is 0.298. The van der Waals surface area contributed by atoms with Crippen LogP contribution in [0.1, 0.15) is 25.1 Å². The largest absolute Gasteiger partial charge is 0.309 e. The predicted molar refractivity (Wildman–Crippen MR) is 62.1 cm³/mol. The van der Waals surface area contributed by atoms with Crippen LogP contribution in [0.15, 0.2) is 10.9 Å². The molecule has 80 valence electrons. The van der Waals surface area contributed by atoms with Crippen molar-refractivity contribution in [1.82, 2.24) is 10.3 Å². The summed E-state index contributed by atoms with van der Waals surface area (Å²) in [6.45, 7) is 3.00. The highest BCUT2D eigenvalue weighted by molar-refractivity contribution is 7.84. The molecule has 0 saturated heterocycles. The van der Waals surface area contributed by atoms with Gasteiger partial charge in [-0.05, 0) is 19.9 Å². The smallest absolute Gasteiger partial charge is 0.0795 e. The molecule has 1 heterocycles. The third-order valence-electron chi connectivity index (χ3n) is 1.95. The van der Waals surface area contributed by atoms with E-state index in [0.29, 0.717) is 6.04 Å². The Labute approximate surface area is 91.4 Å². The van der Waals surface area contributed by atoms with Crippen molar-refractivity contribution in [2.75, 3.05) is 18.6 Å². The van der Waals surface area contributed by atoms with Crippen molar-refractivity contribution in [2.45, 2.75) is 19.4 Å². The van der Waals surface area contributed by atoms with Crippen molar-refractivity contribution in [3.8, 4) is 0 Å². The maximum Gasteiger partial charge on any atom is 0.0795 e. The van der Waals surface area contributed by atoms with Crippen molar-refractivity contribution in [1.29, 1.82) is 0 Å². The molecule has 0 aliphatic rings. The Kier molecular flexibility index (Phi) is 5.29. The van der Waals surface area contributed by atoms with Crippen LogP contribution < -0.4 is 5.32 Å². The molecule has 0 spiro atoms. The van der Waals surface area contributed by atoms with Gasteiger partial charge in [-0.15, -0.1) is 11.3 Å². The van der Waals surface area contributed by atoms with E-state index in [9.17, 15) is 4.21 Å². The van der Waals surface area contributed by atoms with Gasteiger partial charge < -0.3 is 5.32 Å². The Bertz CT molecular complexity index is 274. The molecule has 1 aromatic heterocycles. The molecule has 0 fully saturated rings. The monoisotopic (exact) mass is 232 g/mol. The zero-order valence-electron chi connectivity index (χ0n) is 8.53. The Balaban J connectivity index is 2.16. The summed E-state index contributed by atoms with van der Waals surface area (Å²) in [5.74, 6) is 0.775. The second-order valence-corrected chi connectivity index (χ2v) is 5.49. The fraction of sp³-hybridized carbons (Fsp3) is 0.667. The highest BCUT2D eigenvalue weighted by Crippen LogP contribution is 2.11. The Morgan fingerprint density at radius 2 is 2.50 bits per heavy atom. The summed E-state index contributed by atoms with van der Waals surface area (Å²) < 4.78 is 10.8. The molecular formula is C9H16N2OS2. The fourth-order valence-electron chi connectivity index (χ4n) is 1.13. The minimum Gasteiger partial charge on any atom is -0.309 e. The molecule has 5 heteroatoms. The molecule has 0 aliphatic carbocycles. The van der Waals surface area contributed by atoms with Crippen LogP contribution in [0.5, 0.6) is 0 Å². The van der Waals surface area contributed by atoms with Gasteiger partial charge in [-0.3, -0.25) is 4.21 Å². The van der Waals surface area contributed by atoms with E-state index in [1.54, 1.807) is 17.6 Å². The van der Waals surface area contributed by atoms with Gasteiger partial charge in [0.05, 0.1) is 11.2 Å². The van der Waals surface area contributed by atoms with E-state index in [1.807, 2.05) is 5.51 Å². The SMILES string of the molecule is CC(NCCCS(C)=O)c1cscn1. The first-order chi connectivity index (χ1) is 6.70. The number of hydrogen-bond acceptors (Lipinski definition) is 4. The topological polar surface area (TPSA) is 42.0 Å². The first-order valence-corrected chi connectivity index (χ1v) is 7.28. The second kappa shape index (κ2) is 6.27. The van der Waals surface area contributed by atoms with Gasteiger partial charge in [0.1, 0.15) is 0 Å². The molecule has 0 saturated carbocycles. The van der Waals surface area contributed by atoms with Crippen molar-refractivity contribution >= 4 is 22.1 Å². The minimum atomic E-state index is -0.671. The van der Waals surface area contributed by atoms with Crippen LogP contribution in [-0.2, 0) is 10.8 Å². The lowest BCUT2D eigenvalue weighted by atomic mass is 10.2. The lowest BCUT2D eigenvalue weighted by molar-refractivity contribution is 0.561. The summed E-state index contributed by atoms with van der Waals surface area (Å²) in [6, 6.07) is 0.298. The standard InChI is InChI=1S/C9H16N2OS2/c1-8(9-6-13-7-11-9)10-4-3-5-14(2)12/h6-8,10H,3-5H2,1-2H3. The van der Waals surface area contributed by atoms with Crippen molar-refractivity contribution in [2.24, 2.45) is 0 Å². The second-order valence-electron chi connectivity index (χ2n) is 3.22. The first kappa shape index (κ1) is 11.8. The first-order valence-electron chi connectivity index (χ1n) is 4.61. The normalized spacial score (nSPS) is 15.3. The highest BCUT2D eigenvalue weighted by atomic mass is 32.2. The molecule has 2 atom stereocenters. The van der Waals surface area contributed by atoms with Gasteiger partial charge in [-0.1, -0.05) is 0 Å². The molecule has 1 rings (SSSR count). The van der Waals surface area contributed by atoms with E-state index in [0.717, 1.165) is 24.4 Å². The zero-order valence-corrected chi connectivity index (χ0v) is 10.2. The molecule has 0 aliphatic heterocycles. The van der Waals surface area contributed by atoms with Crippen molar-refractivity contribution in [3.05, 3.63) is 16.6 Å². The zero-order chi connectivity index (χ0) is 10.4. The van der Waals surface area contributed by atoms with E-state index >= 15 is 0 Å². The molecule has 0 amide bonds. The summed E-state index contributed by atoms with van der Waals surface area (Å²) in [6.07, 6.45) is 2.70. The van der Waals surface area contributed by atoms with E-state index in [2.05, 4.69) is 22.6 Å². The third kappa shape index (κ3) is 4.30. The van der Waals surface area contributed by atoms with E-state index in [4.69, 9.17) is 0 Å². The summed E-state index contributed by atoms with van der Waals surface area (Å²) in [4.78, 5) is 4.23. The number of hydrogen-bond donors (Lipinski definition) is 1. The number of rotatable bonds is 6. The molecule has 1 aromatic rings. The van der Waals surface area contributed by atoms with E-state index in [-0.39, 0.29) is 0 Å². The van der Waals surface area contributed by atoms with Gasteiger partial charge in [0.25, 0.3) is 0 Å². The predicted octanol–water partition coefficient (Wildman–Crippen LogP) is 1.56. The van der Waals surface area contributed by atoms with Gasteiger partial charge in [0, 0.05) is 34.2 Å². The summed E-state index contributed by atoms with van der Waals surface area (Å²) >= 11 is 1.61. The summed E-state index contributed by atoms with van der Waals surface area (Å²) in [5, 5.41) is 5.40. The molecule has 0 radical (unpaired) electrons. The van der Waals surface area contributed by atoms with Crippen LogP contribution in [0, 0.1) is 0 Å². The molecule has 0 bridgehead atoms. The number of nitrogens with zero attached hydrogens (tertiary/aromatic N) is 1. The lowest BCUT2D eigenvalue weighted by Gasteiger charge is -2.10. The van der Waals surface area contributed by atoms with Crippen molar-refractivity contribution < 1.29 is 4.21 Å². The number of aromatic nitrogens is 1. The molecule has 14 heavy (non-hydrogen) atoms. The third-order valence-corrected chi connectivity index (χ3v) is 3.42. The lowest BCUT2D eigenvalue weighted by Crippen LogP contribution is -2.21. The fourth-order valence-corrected chi connectivity index (χ4v) is 2.33. The maximum atomic E-state index is 10.8. The maximum absolute atomic E-state index is 10.8. The Hall–Kier alpha value is -0.260. The average Bonchev–Trinajstić information content (AvgIpc) is 2.64. The average molecular weight is 232 g/mol. The van der Waals surface area contributed by atoms with E-state index < -0.39 is 10.8 Å². The molecule has 0 aromatic carbocycles. The van der Waals surface area contributed by atoms with Crippen molar-refractivity contribution in [3.63, 3.8) is 0 Å².